The smallest absolute Gasteiger partial charge is 0.235 e. The van der Waals surface area contributed by atoms with Crippen LogP contribution in [0.15, 0.2) is 54.8 Å². The molecule has 7 nitrogen and oxygen atoms in total. The maximum Gasteiger partial charge on any atom is 0.235 e. The first-order chi connectivity index (χ1) is 17.2. The Morgan fingerprint density at radius 2 is 1.86 bits per heavy atom. The number of ketones is 1. The third-order valence-corrected chi connectivity index (χ3v) is 8.96. The van der Waals surface area contributed by atoms with Gasteiger partial charge >= 0.3 is 0 Å². The van der Waals surface area contributed by atoms with Crippen molar-refractivity contribution in [1.82, 2.24) is 10.3 Å². The van der Waals surface area contributed by atoms with E-state index in [1.54, 1.807) is 6.08 Å². The van der Waals surface area contributed by atoms with Crippen molar-refractivity contribution in [2.75, 3.05) is 0 Å². The second kappa shape index (κ2) is 9.29. The summed E-state index contributed by atoms with van der Waals surface area (Å²) in [6, 6.07) is 7.60. The van der Waals surface area contributed by atoms with E-state index in [2.05, 4.69) is 16.9 Å². The summed E-state index contributed by atoms with van der Waals surface area (Å²) in [6.45, 7) is 8.07. The number of allylic oxidation sites excluding steroid dienone is 1. The summed E-state index contributed by atoms with van der Waals surface area (Å²) in [5.41, 5.74) is 1.10. The Labute approximate surface area is 211 Å². The number of H-pyrrole nitrogens is 1. The quantitative estimate of drug-likeness (QED) is 0.326. The Morgan fingerprint density at radius 1 is 1.11 bits per heavy atom. The van der Waals surface area contributed by atoms with Crippen molar-refractivity contribution in [2.45, 2.75) is 63.9 Å². The van der Waals surface area contributed by atoms with Gasteiger partial charge in [-0.1, -0.05) is 50.8 Å². The van der Waals surface area contributed by atoms with Crippen molar-refractivity contribution in [3.63, 3.8) is 0 Å². The minimum absolute atomic E-state index is 0.0701. The lowest BCUT2D eigenvalue weighted by Crippen LogP contribution is -2.59. The summed E-state index contributed by atoms with van der Waals surface area (Å²) < 4.78 is 0. The maximum atomic E-state index is 14.1. The van der Waals surface area contributed by atoms with Gasteiger partial charge < -0.3 is 25.6 Å². The van der Waals surface area contributed by atoms with Gasteiger partial charge in [0.25, 0.3) is 0 Å². The molecule has 1 saturated carbocycles. The van der Waals surface area contributed by atoms with Crippen molar-refractivity contribution >= 4 is 22.6 Å². The lowest BCUT2D eigenvalue weighted by Gasteiger charge is -2.49. The Kier molecular flexibility index (Phi) is 6.43. The second-order valence-electron chi connectivity index (χ2n) is 11.1. The number of fused-ring (bicyclic) bond motifs is 1. The number of Topliss-reactive ketones (excluding diaryl/α,β-unsaturated/α-hetero) is 1. The Morgan fingerprint density at radius 3 is 2.64 bits per heavy atom. The number of para-hydroxylation sites is 1. The molecule has 1 aromatic carbocycles. The molecule has 2 heterocycles. The average Bonchev–Trinajstić information content (AvgIpc) is 3.38. The van der Waals surface area contributed by atoms with E-state index in [-0.39, 0.29) is 24.3 Å². The number of nitrogens with one attached hydrogen (secondary N) is 2. The molecule has 1 saturated heterocycles. The SMILES string of the molecule is C=C1C(C)C2C(Cc3c[nH]c4ccccc34)NC(=O)C23C(=O)CC(O)C(O)CC(C)CC=CC3C1O. The molecule has 1 aliphatic heterocycles. The van der Waals surface area contributed by atoms with Crippen molar-refractivity contribution in [1.29, 1.82) is 0 Å². The van der Waals surface area contributed by atoms with Crippen LogP contribution < -0.4 is 5.32 Å². The van der Waals surface area contributed by atoms with Crippen LogP contribution in [0.3, 0.4) is 0 Å². The van der Waals surface area contributed by atoms with Crippen molar-refractivity contribution in [3.05, 3.63) is 60.3 Å². The molecule has 2 fully saturated rings. The predicted octanol–water partition coefficient (Wildman–Crippen LogP) is 2.66. The molecule has 1 aromatic heterocycles. The van der Waals surface area contributed by atoms with E-state index in [9.17, 15) is 24.9 Å². The molecule has 9 atom stereocenters. The Balaban J connectivity index is 1.61. The van der Waals surface area contributed by atoms with Crippen LogP contribution in [0.25, 0.3) is 10.9 Å². The number of amides is 1. The molecule has 9 unspecified atom stereocenters. The first-order valence-electron chi connectivity index (χ1n) is 12.9. The molecule has 2 aliphatic carbocycles. The number of rotatable bonds is 2. The monoisotopic (exact) mass is 492 g/mol. The summed E-state index contributed by atoms with van der Waals surface area (Å²) in [4.78, 5) is 31.3. The summed E-state index contributed by atoms with van der Waals surface area (Å²) in [5, 5.41) is 36.8. The fourth-order valence-electron chi connectivity index (χ4n) is 7.03. The van der Waals surface area contributed by atoms with Gasteiger partial charge in [0.2, 0.25) is 5.91 Å². The van der Waals surface area contributed by atoms with E-state index in [4.69, 9.17) is 0 Å². The van der Waals surface area contributed by atoms with E-state index in [1.165, 1.54) is 0 Å². The molecule has 2 aromatic rings. The third kappa shape index (κ3) is 3.76. The zero-order valence-electron chi connectivity index (χ0n) is 20.9. The zero-order chi connectivity index (χ0) is 25.8. The van der Waals surface area contributed by atoms with Gasteiger partial charge in [-0.2, -0.15) is 0 Å². The molecule has 36 heavy (non-hydrogen) atoms. The Bertz CT molecular complexity index is 1220. The molecule has 192 valence electrons. The highest BCUT2D eigenvalue weighted by molar-refractivity contribution is 6.09. The molecule has 0 radical (unpaired) electrons. The van der Waals surface area contributed by atoms with Crippen LogP contribution >= 0.6 is 0 Å². The average molecular weight is 493 g/mol. The molecular weight excluding hydrogens is 456 g/mol. The topological polar surface area (TPSA) is 123 Å². The fraction of sp³-hybridized carbons (Fsp3) is 0.517. The molecule has 0 bridgehead atoms. The van der Waals surface area contributed by atoms with Crippen molar-refractivity contribution in [2.24, 2.45) is 29.1 Å². The first kappa shape index (κ1) is 24.9. The zero-order valence-corrected chi connectivity index (χ0v) is 20.9. The lowest BCUT2D eigenvalue weighted by molar-refractivity contribution is -0.154. The number of aromatic nitrogens is 1. The van der Waals surface area contributed by atoms with Gasteiger partial charge in [0.1, 0.15) is 5.41 Å². The summed E-state index contributed by atoms with van der Waals surface area (Å²) in [6.07, 6.45) is 3.38. The van der Waals surface area contributed by atoms with Crippen molar-refractivity contribution < 1.29 is 24.9 Å². The number of hydrogen-bond donors (Lipinski definition) is 5. The van der Waals surface area contributed by atoms with Crippen LogP contribution in [0, 0.1) is 29.1 Å². The van der Waals surface area contributed by atoms with Gasteiger partial charge in [-0.15, -0.1) is 0 Å². The number of carbonyl (C=O) groups is 2. The molecule has 1 amide bonds. The minimum atomic E-state index is -1.55. The molecule has 1 spiro atoms. The number of hydrogen-bond acceptors (Lipinski definition) is 5. The standard InChI is InChI=1S/C29H36N2O5/c1-15-7-6-9-20-27(35)17(3)16(2)26-22(12-18-14-30-21-10-5-4-8-19(18)21)31-28(36)29(20,26)25(34)13-24(33)23(32)11-15/h4-6,8-10,14-16,20,22-24,26-27,30,32-33,35H,3,7,11-13H2,1-2H3,(H,31,36). The number of aliphatic hydroxyl groups excluding tert-OH is 3. The second-order valence-corrected chi connectivity index (χ2v) is 11.1. The van der Waals surface area contributed by atoms with Gasteiger partial charge in [-0.25, -0.2) is 0 Å². The number of benzene rings is 1. The Hall–Kier alpha value is -2.74. The summed E-state index contributed by atoms with van der Waals surface area (Å²) >= 11 is 0. The summed E-state index contributed by atoms with van der Waals surface area (Å²) in [7, 11) is 0. The minimum Gasteiger partial charge on any atom is -0.390 e. The highest BCUT2D eigenvalue weighted by atomic mass is 16.3. The van der Waals surface area contributed by atoms with Crippen LogP contribution in [0.4, 0.5) is 0 Å². The summed E-state index contributed by atoms with van der Waals surface area (Å²) in [5.74, 6) is -2.33. The predicted molar refractivity (Wildman–Crippen MR) is 137 cm³/mol. The van der Waals surface area contributed by atoms with Crippen LogP contribution in [0.2, 0.25) is 0 Å². The molecule has 5 N–H and O–H groups in total. The van der Waals surface area contributed by atoms with E-state index >= 15 is 0 Å². The van der Waals surface area contributed by atoms with E-state index in [0.717, 1.165) is 16.5 Å². The van der Waals surface area contributed by atoms with Gasteiger partial charge in [-0.3, -0.25) is 9.59 Å². The number of aromatic amines is 1. The van der Waals surface area contributed by atoms with Gasteiger partial charge in [0.15, 0.2) is 5.78 Å². The van der Waals surface area contributed by atoms with E-state index < -0.39 is 47.3 Å². The number of aliphatic hydroxyl groups is 3. The number of carbonyl (C=O) groups excluding carboxylic acids is 2. The lowest BCUT2D eigenvalue weighted by atomic mass is 9.51. The highest BCUT2D eigenvalue weighted by Crippen LogP contribution is 2.57. The molecule has 5 rings (SSSR count). The van der Waals surface area contributed by atoms with E-state index in [1.807, 2.05) is 50.4 Å². The molecule has 7 heteroatoms. The highest BCUT2D eigenvalue weighted by Gasteiger charge is 2.68. The van der Waals surface area contributed by atoms with Crippen LogP contribution in [-0.2, 0) is 16.0 Å². The van der Waals surface area contributed by atoms with Gasteiger partial charge in [0, 0.05) is 41.4 Å². The van der Waals surface area contributed by atoms with Crippen LogP contribution in [-0.4, -0.2) is 56.3 Å². The van der Waals surface area contributed by atoms with Gasteiger partial charge in [0.05, 0.1) is 18.3 Å². The molecule has 3 aliphatic rings. The largest absolute Gasteiger partial charge is 0.390 e. The fourth-order valence-corrected chi connectivity index (χ4v) is 7.03. The van der Waals surface area contributed by atoms with Crippen molar-refractivity contribution in [3.8, 4) is 0 Å². The van der Waals surface area contributed by atoms with Crippen LogP contribution in [0.1, 0.15) is 38.7 Å². The first-order valence-corrected chi connectivity index (χ1v) is 12.9. The normalized spacial score (nSPS) is 39.4. The van der Waals surface area contributed by atoms with Crippen LogP contribution in [0.5, 0.6) is 0 Å². The molecular formula is C29H36N2O5. The van der Waals surface area contributed by atoms with Gasteiger partial charge in [-0.05, 0) is 48.3 Å². The van der Waals surface area contributed by atoms with E-state index in [0.29, 0.717) is 24.8 Å². The maximum absolute atomic E-state index is 14.1. The third-order valence-electron chi connectivity index (χ3n) is 8.96.